The molecule has 2 N–H and O–H groups in total. The summed E-state index contributed by atoms with van der Waals surface area (Å²) in [6, 6.07) is 0.0112. The topological polar surface area (TPSA) is 63.4 Å². The Hall–Kier alpha value is -0.130. The molecule has 0 radical (unpaired) electrons. The van der Waals surface area contributed by atoms with Crippen molar-refractivity contribution in [3.63, 3.8) is 0 Å². The van der Waals surface area contributed by atoms with Crippen LogP contribution in [0.1, 0.15) is 27.2 Å². The van der Waals surface area contributed by atoms with Crippen LogP contribution in [-0.4, -0.2) is 36.6 Å². The maximum atomic E-state index is 11.9. The summed E-state index contributed by atoms with van der Waals surface area (Å²) in [5, 5.41) is 0. The van der Waals surface area contributed by atoms with Crippen molar-refractivity contribution in [1.29, 1.82) is 0 Å². The third-order valence-corrected chi connectivity index (χ3v) is 4.86. The molecule has 0 spiro atoms. The standard InChI is InChI=1S/C8H18N2O2S/c1-8(2,3)13(11,12)10-5-4-7(9)6-10/h7H,4-6,9H2,1-3H3. The predicted molar refractivity (Wildman–Crippen MR) is 52.8 cm³/mol. The molecule has 1 aliphatic rings. The van der Waals surface area contributed by atoms with Gasteiger partial charge in [0.1, 0.15) is 0 Å². The number of rotatable bonds is 1. The Morgan fingerprint density at radius 2 is 1.92 bits per heavy atom. The molecular weight excluding hydrogens is 188 g/mol. The van der Waals surface area contributed by atoms with Crippen LogP contribution in [0.3, 0.4) is 0 Å². The minimum absolute atomic E-state index is 0.0112. The van der Waals surface area contributed by atoms with Crippen molar-refractivity contribution in [2.75, 3.05) is 13.1 Å². The Kier molecular flexibility index (Phi) is 2.71. The number of sulfonamides is 1. The van der Waals surface area contributed by atoms with Gasteiger partial charge in [0.15, 0.2) is 0 Å². The van der Waals surface area contributed by atoms with E-state index in [1.165, 1.54) is 4.31 Å². The smallest absolute Gasteiger partial charge is 0.219 e. The first-order chi connectivity index (χ1) is 5.75. The molecule has 5 heteroatoms. The first-order valence-corrected chi connectivity index (χ1v) is 5.94. The van der Waals surface area contributed by atoms with E-state index in [0.29, 0.717) is 13.1 Å². The van der Waals surface area contributed by atoms with Crippen molar-refractivity contribution in [3.8, 4) is 0 Å². The summed E-state index contributed by atoms with van der Waals surface area (Å²) < 4.78 is 24.5. The summed E-state index contributed by atoms with van der Waals surface area (Å²) in [6.07, 6.45) is 0.773. The van der Waals surface area contributed by atoms with Gasteiger partial charge in [0.25, 0.3) is 0 Å². The van der Waals surface area contributed by atoms with Crippen LogP contribution in [0.5, 0.6) is 0 Å². The Bertz CT molecular complexity index is 279. The molecule has 1 fully saturated rings. The van der Waals surface area contributed by atoms with E-state index in [-0.39, 0.29) is 6.04 Å². The SMILES string of the molecule is CC(C)(C)S(=O)(=O)N1CCC(N)C1. The largest absolute Gasteiger partial charge is 0.326 e. The molecule has 0 aromatic rings. The molecule has 1 unspecified atom stereocenters. The average Bonchev–Trinajstić information content (AvgIpc) is 2.33. The quantitative estimate of drug-likeness (QED) is 0.664. The Labute approximate surface area is 80.1 Å². The molecule has 1 atom stereocenters. The van der Waals surface area contributed by atoms with Crippen LogP contribution in [-0.2, 0) is 10.0 Å². The normalized spacial score (nSPS) is 26.6. The van der Waals surface area contributed by atoms with Crippen LogP contribution in [0.2, 0.25) is 0 Å². The molecule has 78 valence electrons. The van der Waals surface area contributed by atoms with Gasteiger partial charge in [-0.2, -0.15) is 4.31 Å². The lowest BCUT2D eigenvalue weighted by atomic mass is 10.3. The molecule has 0 saturated carbocycles. The van der Waals surface area contributed by atoms with Gasteiger partial charge in [-0.1, -0.05) is 0 Å². The summed E-state index contributed by atoms with van der Waals surface area (Å²) in [5.41, 5.74) is 5.66. The summed E-state index contributed by atoms with van der Waals surface area (Å²) >= 11 is 0. The number of hydrogen-bond donors (Lipinski definition) is 1. The van der Waals surface area contributed by atoms with E-state index in [0.717, 1.165) is 6.42 Å². The van der Waals surface area contributed by atoms with Crippen LogP contribution >= 0.6 is 0 Å². The molecule has 1 aliphatic heterocycles. The van der Waals surface area contributed by atoms with Crippen molar-refractivity contribution in [1.82, 2.24) is 4.31 Å². The molecule has 0 aromatic carbocycles. The third-order valence-electron chi connectivity index (χ3n) is 2.30. The Morgan fingerprint density at radius 1 is 1.38 bits per heavy atom. The monoisotopic (exact) mass is 206 g/mol. The number of hydrogen-bond acceptors (Lipinski definition) is 3. The lowest BCUT2D eigenvalue weighted by Crippen LogP contribution is -2.42. The predicted octanol–water partition coefficient (Wildman–Crippen LogP) is 0.148. The molecule has 4 nitrogen and oxygen atoms in total. The second-order valence-corrected chi connectivity index (χ2v) is 7.22. The van der Waals surface area contributed by atoms with Crippen LogP contribution in [0, 0.1) is 0 Å². The highest BCUT2D eigenvalue weighted by atomic mass is 32.2. The third kappa shape index (κ3) is 2.03. The molecule has 1 heterocycles. The maximum absolute atomic E-state index is 11.9. The van der Waals surface area contributed by atoms with E-state index < -0.39 is 14.8 Å². The zero-order valence-electron chi connectivity index (χ0n) is 8.45. The summed E-state index contributed by atoms with van der Waals surface area (Å²) in [6.45, 7) is 6.19. The van der Waals surface area contributed by atoms with Crippen LogP contribution in [0.25, 0.3) is 0 Å². The summed E-state index contributed by atoms with van der Waals surface area (Å²) in [7, 11) is -3.16. The van der Waals surface area contributed by atoms with E-state index in [2.05, 4.69) is 0 Å². The van der Waals surface area contributed by atoms with Crippen LogP contribution < -0.4 is 5.73 Å². The highest BCUT2D eigenvalue weighted by Crippen LogP contribution is 2.23. The highest BCUT2D eigenvalue weighted by molar-refractivity contribution is 7.90. The van der Waals surface area contributed by atoms with E-state index in [1.807, 2.05) is 0 Å². The average molecular weight is 206 g/mol. The Balaban J connectivity index is 2.84. The lowest BCUT2D eigenvalue weighted by molar-refractivity contribution is 0.447. The van der Waals surface area contributed by atoms with Gasteiger partial charge in [-0.15, -0.1) is 0 Å². The number of nitrogens with zero attached hydrogens (tertiary/aromatic N) is 1. The molecule has 1 saturated heterocycles. The highest BCUT2D eigenvalue weighted by Gasteiger charge is 2.38. The molecule has 13 heavy (non-hydrogen) atoms. The van der Waals surface area contributed by atoms with E-state index in [1.54, 1.807) is 20.8 Å². The van der Waals surface area contributed by atoms with Gasteiger partial charge in [0, 0.05) is 19.1 Å². The van der Waals surface area contributed by atoms with Gasteiger partial charge in [0.05, 0.1) is 4.75 Å². The van der Waals surface area contributed by atoms with Gasteiger partial charge < -0.3 is 5.73 Å². The van der Waals surface area contributed by atoms with Crippen molar-refractivity contribution >= 4 is 10.0 Å². The fourth-order valence-electron chi connectivity index (χ4n) is 1.36. The van der Waals surface area contributed by atoms with Gasteiger partial charge in [-0.3, -0.25) is 0 Å². The van der Waals surface area contributed by atoms with Gasteiger partial charge in [-0.05, 0) is 27.2 Å². The number of nitrogens with two attached hydrogens (primary N) is 1. The minimum atomic E-state index is -3.16. The van der Waals surface area contributed by atoms with E-state index in [9.17, 15) is 8.42 Å². The fraction of sp³-hybridized carbons (Fsp3) is 1.00. The first kappa shape index (κ1) is 10.9. The van der Waals surface area contributed by atoms with Gasteiger partial charge in [0.2, 0.25) is 10.0 Å². The van der Waals surface area contributed by atoms with Gasteiger partial charge >= 0.3 is 0 Å². The Morgan fingerprint density at radius 3 is 2.23 bits per heavy atom. The van der Waals surface area contributed by atoms with Crippen LogP contribution in [0.15, 0.2) is 0 Å². The zero-order chi connectivity index (χ0) is 10.3. The van der Waals surface area contributed by atoms with E-state index in [4.69, 9.17) is 5.73 Å². The zero-order valence-corrected chi connectivity index (χ0v) is 9.26. The molecule has 0 aromatic heterocycles. The molecule has 0 amide bonds. The van der Waals surface area contributed by atoms with Crippen molar-refractivity contribution < 1.29 is 8.42 Å². The molecule has 1 rings (SSSR count). The fourth-order valence-corrected chi connectivity index (χ4v) is 2.87. The first-order valence-electron chi connectivity index (χ1n) is 4.50. The lowest BCUT2D eigenvalue weighted by Gasteiger charge is -2.26. The second kappa shape index (κ2) is 3.22. The van der Waals surface area contributed by atoms with Crippen molar-refractivity contribution in [3.05, 3.63) is 0 Å². The van der Waals surface area contributed by atoms with Gasteiger partial charge in [-0.25, -0.2) is 8.42 Å². The molecule has 0 aliphatic carbocycles. The molecule has 0 bridgehead atoms. The summed E-state index contributed by atoms with van der Waals surface area (Å²) in [5.74, 6) is 0. The molecular formula is C8H18N2O2S. The van der Waals surface area contributed by atoms with E-state index >= 15 is 0 Å². The van der Waals surface area contributed by atoms with Crippen LogP contribution in [0.4, 0.5) is 0 Å². The van der Waals surface area contributed by atoms with Crippen molar-refractivity contribution in [2.45, 2.75) is 38.0 Å². The summed E-state index contributed by atoms with van der Waals surface area (Å²) in [4.78, 5) is 0. The second-order valence-electron chi connectivity index (χ2n) is 4.52. The van der Waals surface area contributed by atoms with Crippen molar-refractivity contribution in [2.24, 2.45) is 5.73 Å². The minimum Gasteiger partial charge on any atom is -0.326 e. The maximum Gasteiger partial charge on any atom is 0.219 e.